The number of hydrogen-bond donors (Lipinski definition) is 2. The molecular weight excluding hydrogens is 236 g/mol. The maximum Gasteiger partial charge on any atom is 0.276 e. The van der Waals surface area contributed by atoms with E-state index in [1.54, 1.807) is 7.05 Å². The predicted octanol–water partition coefficient (Wildman–Crippen LogP) is 0.993. The molecule has 1 unspecified atom stereocenters. The molecule has 1 aliphatic rings. The number of rotatable bonds is 4. The van der Waals surface area contributed by atoms with Gasteiger partial charge in [-0.05, 0) is 12.8 Å². The summed E-state index contributed by atoms with van der Waals surface area (Å²) in [5.41, 5.74) is 0.00735. The number of nitrogens with one attached hydrogen (secondary N) is 1. The summed E-state index contributed by atoms with van der Waals surface area (Å²) in [6, 6.07) is 2.85. The molecule has 0 aromatic carbocycles. The second-order valence-electron chi connectivity index (χ2n) is 4.25. The molecule has 18 heavy (non-hydrogen) atoms. The molecule has 1 atom stereocenters. The van der Waals surface area contributed by atoms with E-state index in [2.05, 4.69) is 10.3 Å². The van der Waals surface area contributed by atoms with Crippen LogP contribution in [-0.2, 0) is 0 Å². The van der Waals surface area contributed by atoms with Gasteiger partial charge < -0.3 is 15.3 Å². The van der Waals surface area contributed by atoms with Gasteiger partial charge in [0.15, 0.2) is 0 Å². The van der Waals surface area contributed by atoms with Crippen molar-refractivity contribution in [3.05, 3.63) is 22.2 Å². The van der Waals surface area contributed by atoms with Crippen LogP contribution in [0.1, 0.15) is 12.8 Å². The van der Waals surface area contributed by atoms with Crippen LogP contribution in [0.3, 0.4) is 0 Å². The molecule has 7 heteroatoms. The van der Waals surface area contributed by atoms with Crippen LogP contribution in [0.5, 0.6) is 0 Å². The van der Waals surface area contributed by atoms with E-state index in [1.807, 2.05) is 4.90 Å². The molecule has 0 radical (unpaired) electrons. The summed E-state index contributed by atoms with van der Waals surface area (Å²) in [5.74, 6) is 1.01. The molecule has 2 heterocycles. The highest BCUT2D eigenvalue weighted by Gasteiger charge is 2.26. The molecule has 0 saturated carbocycles. The molecule has 1 saturated heterocycles. The fourth-order valence-corrected chi connectivity index (χ4v) is 2.21. The third-order valence-electron chi connectivity index (χ3n) is 3.15. The van der Waals surface area contributed by atoms with Crippen LogP contribution in [0.25, 0.3) is 0 Å². The SMILES string of the molecule is CNc1cc([N+](=O)[O-])cc(N2CCCC2CO)n1. The number of nitro groups is 1. The van der Waals surface area contributed by atoms with E-state index in [9.17, 15) is 15.2 Å². The summed E-state index contributed by atoms with van der Waals surface area (Å²) in [6.07, 6.45) is 1.85. The zero-order chi connectivity index (χ0) is 13.1. The van der Waals surface area contributed by atoms with Crippen LogP contribution in [-0.4, -0.2) is 41.3 Å². The van der Waals surface area contributed by atoms with Gasteiger partial charge in [0.05, 0.1) is 29.7 Å². The van der Waals surface area contributed by atoms with Crippen LogP contribution in [0.4, 0.5) is 17.3 Å². The Kier molecular flexibility index (Phi) is 3.61. The topological polar surface area (TPSA) is 91.5 Å². The van der Waals surface area contributed by atoms with Gasteiger partial charge in [-0.1, -0.05) is 0 Å². The monoisotopic (exact) mass is 252 g/mol. The summed E-state index contributed by atoms with van der Waals surface area (Å²) in [7, 11) is 1.67. The first-order chi connectivity index (χ1) is 8.65. The Hall–Kier alpha value is -1.89. The number of pyridine rings is 1. The second kappa shape index (κ2) is 5.18. The van der Waals surface area contributed by atoms with Gasteiger partial charge in [0.2, 0.25) is 0 Å². The smallest absolute Gasteiger partial charge is 0.276 e. The number of aliphatic hydroxyl groups is 1. The molecule has 2 rings (SSSR count). The van der Waals surface area contributed by atoms with E-state index in [0.29, 0.717) is 11.6 Å². The Balaban J connectivity index is 2.37. The van der Waals surface area contributed by atoms with E-state index < -0.39 is 4.92 Å². The molecular formula is C11H16N4O3. The zero-order valence-corrected chi connectivity index (χ0v) is 10.2. The second-order valence-corrected chi connectivity index (χ2v) is 4.25. The molecule has 2 N–H and O–H groups in total. The van der Waals surface area contributed by atoms with E-state index in [1.165, 1.54) is 12.1 Å². The lowest BCUT2D eigenvalue weighted by molar-refractivity contribution is -0.384. The van der Waals surface area contributed by atoms with Crippen molar-refractivity contribution in [2.75, 3.05) is 30.4 Å². The average Bonchev–Trinajstić information content (AvgIpc) is 2.86. The molecule has 1 aliphatic heterocycles. The van der Waals surface area contributed by atoms with E-state index in [4.69, 9.17) is 0 Å². The molecule has 0 amide bonds. The Labute approximate surface area is 105 Å². The van der Waals surface area contributed by atoms with Crippen molar-refractivity contribution in [3.8, 4) is 0 Å². The number of aromatic nitrogens is 1. The van der Waals surface area contributed by atoms with Gasteiger partial charge in [-0.2, -0.15) is 0 Å². The molecule has 0 aliphatic carbocycles. The Morgan fingerprint density at radius 1 is 1.67 bits per heavy atom. The highest BCUT2D eigenvalue weighted by Crippen LogP contribution is 2.28. The minimum atomic E-state index is -0.434. The summed E-state index contributed by atoms with van der Waals surface area (Å²) < 4.78 is 0. The molecule has 0 spiro atoms. The number of anilines is 2. The molecule has 1 aromatic rings. The first-order valence-electron chi connectivity index (χ1n) is 5.87. The molecule has 1 aromatic heterocycles. The Bertz CT molecular complexity index is 452. The van der Waals surface area contributed by atoms with Crippen molar-refractivity contribution in [2.45, 2.75) is 18.9 Å². The quantitative estimate of drug-likeness (QED) is 0.613. The Morgan fingerprint density at radius 3 is 3.06 bits per heavy atom. The first-order valence-corrected chi connectivity index (χ1v) is 5.87. The highest BCUT2D eigenvalue weighted by molar-refractivity contribution is 5.56. The van der Waals surface area contributed by atoms with Gasteiger partial charge in [0, 0.05) is 13.6 Å². The van der Waals surface area contributed by atoms with E-state index in [-0.39, 0.29) is 18.3 Å². The number of nitrogens with zero attached hydrogens (tertiary/aromatic N) is 3. The largest absolute Gasteiger partial charge is 0.394 e. The summed E-state index contributed by atoms with van der Waals surface area (Å²) in [5, 5.41) is 23.0. The maximum absolute atomic E-state index is 10.9. The van der Waals surface area contributed by atoms with Crippen molar-refractivity contribution in [3.63, 3.8) is 0 Å². The molecule has 1 fully saturated rings. The van der Waals surface area contributed by atoms with Crippen molar-refractivity contribution in [1.82, 2.24) is 4.98 Å². The van der Waals surface area contributed by atoms with Crippen LogP contribution >= 0.6 is 0 Å². The van der Waals surface area contributed by atoms with Crippen molar-refractivity contribution >= 4 is 17.3 Å². The molecule has 98 valence electrons. The molecule has 0 bridgehead atoms. The normalized spacial score (nSPS) is 19.0. The minimum Gasteiger partial charge on any atom is -0.394 e. The van der Waals surface area contributed by atoms with Gasteiger partial charge in [0.1, 0.15) is 11.6 Å². The molecule has 7 nitrogen and oxygen atoms in total. The van der Waals surface area contributed by atoms with Crippen LogP contribution < -0.4 is 10.2 Å². The first kappa shape index (κ1) is 12.6. The van der Waals surface area contributed by atoms with Gasteiger partial charge >= 0.3 is 0 Å². The summed E-state index contributed by atoms with van der Waals surface area (Å²) in [4.78, 5) is 16.7. The van der Waals surface area contributed by atoms with Gasteiger partial charge in [-0.15, -0.1) is 0 Å². The van der Waals surface area contributed by atoms with Gasteiger partial charge in [-0.25, -0.2) is 4.98 Å². The van der Waals surface area contributed by atoms with Gasteiger partial charge in [0.25, 0.3) is 5.69 Å². The van der Waals surface area contributed by atoms with Crippen molar-refractivity contribution < 1.29 is 10.0 Å². The third kappa shape index (κ3) is 2.35. The van der Waals surface area contributed by atoms with E-state index in [0.717, 1.165) is 19.4 Å². The summed E-state index contributed by atoms with van der Waals surface area (Å²) >= 11 is 0. The average molecular weight is 252 g/mol. The number of hydrogen-bond acceptors (Lipinski definition) is 6. The minimum absolute atomic E-state index is 0.00390. The Morgan fingerprint density at radius 2 is 2.44 bits per heavy atom. The fourth-order valence-electron chi connectivity index (χ4n) is 2.21. The van der Waals surface area contributed by atoms with Gasteiger partial charge in [-0.3, -0.25) is 10.1 Å². The lowest BCUT2D eigenvalue weighted by Gasteiger charge is -2.24. The number of aliphatic hydroxyl groups excluding tert-OH is 1. The van der Waals surface area contributed by atoms with Crippen LogP contribution in [0, 0.1) is 10.1 Å². The van der Waals surface area contributed by atoms with Crippen LogP contribution in [0.2, 0.25) is 0 Å². The summed E-state index contributed by atoms with van der Waals surface area (Å²) in [6.45, 7) is 0.807. The van der Waals surface area contributed by atoms with Crippen molar-refractivity contribution in [2.24, 2.45) is 0 Å². The standard InChI is InChI=1S/C11H16N4O3/c1-12-10-5-9(15(17)18)6-11(13-10)14-4-2-3-8(14)7-16/h5-6,8,16H,2-4,7H2,1H3,(H,12,13). The van der Waals surface area contributed by atoms with Crippen molar-refractivity contribution in [1.29, 1.82) is 0 Å². The van der Waals surface area contributed by atoms with Crippen LogP contribution in [0.15, 0.2) is 12.1 Å². The van der Waals surface area contributed by atoms with E-state index >= 15 is 0 Å². The lowest BCUT2D eigenvalue weighted by atomic mass is 10.2. The third-order valence-corrected chi connectivity index (χ3v) is 3.15. The lowest BCUT2D eigenvalue weighted by Crippen LogP contribution is -2.32. The fraction of sp³-hybridized carbons (Fsp3) is 0.545. The zero-order valence-electron chi connectivity index (χ0n) is 10.2. The highest BCUT2D eigenvalue weighted by atomic mass is 16.6. The maximum atomic E-state index is 10.9. The predicted molar refractivity (Wildman–Crippen MR) is 67.9 cm³/mol.